The molecule has 0 saturated heterocycles. The van der Waals surface area contributed by atoms with Gasteiger partial charge in [0.2, 0.25) is 10.0 Å². The highest BCUT2D eigenvalue weighted by Gasteiger charge is 2.33. The second-order valence-corrected chi connectivity index (χ2v) is 5.91. The third kappa shape index (κ3) is 3.84. The van der Waals surface area contributed by atoms with Gasteiger partial charge in [-0.3, -0.25) is 4.79 Å². The molecule has 0 aromatic heterocycles. The largest absolute Gasteiger partial charge is 0.480 e. The Balaban J connectivity index is 3.28. The van der Waals surface area contributed by atoms with Crippen molar-refractivity contribution < 1.29 is 31.5 Å². The molecule has 0 aliphatic heterocycles. The van der Waals surface area contributed by atoms with Crippen LogP contribution >= 0.6 is 11.6 Å². The quantitative estimate of drug-likeness (QED) is 0.885. The first-order valence-electron chi connectivity index (χ1n) is 5.07. The van der Waals surface area contributed by atoms with Crippen LogP contribution in [0.4, 0.5) is 13.2 Å². The summed E-state index contributed by atoms with van der Waals surface area (Å²) in [5.74, 6) is -1.48. The summed E-state index contributed by atoms with van der Waals surface area (Å²) >= 11 is 5.56. The molecule has 2 N–H and O–H groups in total. The average molecular weight is 332 g/mol. The zero-order chi connectivity index (χ0) is 15.7. The van der Waals surface area contributed by atoms with Gasteiger partial charge in [-0.05, 0) is 25.1 Å². The summed E-state index contributed by atoms with van der Waals surface area (Å²) in [6.45, 7) is 1.03. The number of alkyl halides is 3. The molecular weight excluding hydrogens is 323 g/mol. The van der Waals surface area contributed by atoms with E-state index in [1.807, 2.05) is 0 Å². The average Bonchev–Trinajstić information content (AvgIpc) is 2.26. The van der Waals surface area contributed by atoms with Gasteiger partial charge in [0.05, 0.1) is 10.6 Å². The van der Waals surface area contributed by atoms with Crippen molar-refractivity contribution in [2.24, 2.45) is 0 Å². The zero-order valence-electron chi connectivity index (χ0n) is 9.90. The van der Waals surface area contributed by atoms with Gasteiger partial charge in [-0.2, -0.15) is 17.9 Å². The summed E-state index contributed by atoms with van der Waals surface area (Å²) in [5.41, 5.74) is -1.20. The molecule has 1 rings (SSSR count). The molecule has 112 valence electrons. The van der Waals surface area contributed by atoms with Gasteiger partial charge in [-0.1, -0.05) is 11.6 Å². The van der Waals surface area contributed by atoms with E-state index in [4.69, 9.17) is 16.7 Å². The van der Waals surface area contributed by atoms with Crippen molar-refractivity contribution in [3.8, 4) is 0 Å². The van der Waals surface area contributed by atoms with Crippen LogP contribution in [0.3, 0.4) is 0 Å². The molecule has 1 aromatic rings. The van der Waals surface area contributed by atoms with E-state index in [9.17, 15) is 26.4 Å². The monoisotopic (exact) mass is 331 g/mol. The Hall–Kier alpha value is -1.32. The Morgan fingerprint density at radius 2 is 1.95 bits per heavy atom. The highest BCUT2D eigenvalue weighted by Crippen LogP contribution is 2.33. The number of carboxylic acid groups (broad SMARTS) is 1. The van der Waals surface area contributed by atoms with Crippen molar-refractivity contribution in [2.45, 2.75) is 24.0 Å². The van der Waals surface area contributed by atoms with Gasteiger partial charge < -0.3 is 5.11 Å². The summed E-state index contributed by atoms with van der Waals surface area (Å²) in [6, 6.07) is 0.247. The van der Waals surface area contributed by atoms with E-state index in [0.29, 0.717) is 12.1 Å². The van der Waals surface area contributed by atoms with Crippen LogP contribution in [0.2, 0.25) is 5.02 Å². The van der Waals surface area contributed by atoms with Crippen LogP contribution in [0.25, 0.3) is 0 Å². The summed E-state index contributed by atoms with van der Waals surface area (Å²) < 4.78 is 62.9. The van der Waals surface area contributed by atoms with Gasteiger partial charge in [0.1, 0.15) is 10.9 Å². The molecule has 0 radical (unpaired) electrons. The van der Waals surface area contributed by atoms with Crippen molar-refractivity contribution in [1.82, 2.24) is 4.72 Å². The van der Waals surface area contributed by atoms with E-state index in [2.05, 4.69) is 0 Å². The minimum Gasteiger partial charge on any atom is -0.480 e. The molecule has 0 fully saturated rings. The molecule has 0 aliphatic rings. The molecule has 0 amide bonds. The SMILES string of the molecule is C[C@H](NS(=O)(=O)c1cc(C(F)(F)F)ccc1Cl)C(=O)O. The smallest absolute Gasteiger partial charge is 0.416 e. The van der Waals surface area contributed by atoms with Gasteiger partial charge in [0.15, 0.2) is 0 Å². The fourth-order valence-corrected chi connectivity index (χ4v) is 2.95. The first-order chi connectivity index (χ1) is 8.95. The lowest BCUT2D eigenvalue weighted by molar-refractivity contribution is -0.139. The normalized spacial score (nSPS) is 14.1. The van der Waals surface area contributed by atoms with Gasteiger partial charge >= 0.3 is 12.1 Å². The van der Waals surface area contributed by atoms with Crippen LogP contribution in [0.5, 0.6) is 0 Å². The van der Waals surface area contributed by atoms with Crippen LogP contribution in [-0.4, -0.2) is 25.5 Å². The van der Waals surface area contributed by atoms with Gasteiger partial charge in [0.25, 0.3) is 0 Å². The summed E-state index contributed by atoms with van der Waals surface area (Å²) in [7, 11) is -4.48. The first-order valence-corrected chi connectivity index (χ1v) is 6.93. The third-order valence-electron chi connectivity index (χ3n) is 2.25. The molecule has 10 heteroatoms. The van der Waals surface area contributed by atoms with Crippen LogP contribution in [-0.2, 0) is 21.0 Å². The summed E-state index contributed by atoms with van der Waals surface area (Å²) in [5, 5.41) is 8.16. The number of carbonyl (C=O) groups is 1. The fourth-order valence-electron chi connectivity index (χ4n) is 1.23. The van der Waals surface area contributed by atoms with Crippen molar-refractivity contribution in [3.05, 3.63) is 28.8 Å². The topological polar surface area (TPSA) is 83.5 Å². The molecule has 0 spiro atoms. The van der Waals surface area contributed by atoms with Crippen molar-refractivity contribution in [3.63, 3.8) is 0 Å². The maximum Gasteiger partial charge on any atom is 0.416 e. The molecule has 1 aromatic carbocycles. The number of nitrogens with one attached hydrogen (secondary N) is 1. The Kier molecular flexibility index (Phi) is 4.67. The van der Waals surface area contributed by atoms with Crippen LogP contribution < -0.4 is 4.72 Å². The van der Waals surface area contributed by atoms with E-state index in [-0.39, 0.29) is 0 Å². The Morgan fingerprint density at radius 1 is 1.40 bits per heavy atom. The number of aliphatic carboxylic acids is 1. The lowest BCUT2D eigenvalue weighted by atomic mass is 10.2. The molecule has 0 unspecified atom stereocenters. The van der Waals surface area contributed by atoms with Crippen LogP contribution in [0.15, 0.2) is 23.1 Å². The van der Waals surface area contributed by atoms with Crippen LogP contribution in [0.1, 0.15) is 12.5 Å². The minimum atomic E-state index is -4.74. The van der Waals surface area contributed by atoms with Crippen molar-refractivity contribution in [1.29, 1.82) is 0 Å². The number of hydrogen-bond donors (Lipinski definition) is 2. The molecule has 0 heterocycles. The maximum absolute atomic E-state index is 12.5. The van der Waals surface area contributed by atoms with E-state index in [1.54, 1.807) is 4.72 Å². The number of halogens is 4. The lowest BCUT2D eigenvalue weighted by Crippen LogP contribution is -2.38. The van der Waals surface area contributed by atoms with E-state index in [1.165, 1.54) is 0 Å². The molecular formula is C10H9ClF3NO4S. The molecule has 1 atom stereocenters. The maximum atomic E-state index is 12.5. The first kappa shape index (κ1) is 16.7. The predicted molar refractivity (Wildman–Crippen MR) is 63.9 cm³/mol. The van der Waals surface area contributed by atoms with Gasteiger partial charge in [-0.15, -0.1) is 0 Å². The molecule has 20 heavy (non-hydrogen) atoms. The Morgan fingerprint density at radius 3 is 2.40 bits per heavy atom. The summed E-state index contributed by atoms with van der Waals surface area (Å²) in [4.78, 5) is 9.75. The standard InChI is InChI=1S/C10H9ClF3NO4S/c1-5(9(16)17)15-20(18,19)8-4-6(10(12,13)14)2-3-7(8)11/h2-5,15H,1H3,(H,16,17)/t5-/m0/s1. The van der Waals surface area contributed by atoms with E-state index >= 15 is 0 Å². The number of sulfonamides is 1. The third-order valence-corrected chi connectivity index (χ3v) is 4.27. The zero-order valence-corrected chi connectivity index (χ0v) is 11.5. The fraction of sp³-hybridized carbons (Fsp3) is 0.300. The predicted octanol–water partition coefficient (Wildman–Crippen LogP) is 2.11. The Bertz CT molecular complexity index is 630. The van der Waals surface area contributed by atoms with Gasteiger partial charge in [0, 0.05) is 0 Å². The van der Waals surface area contributed by atoms with Crippen molar-refractivity contribution >= 4 is 27.6 Å². The number of rotatable bonds is 4. The minimum absolute atomic E-state index is 0.346. The van der Waals surface area contributed by atoms with E-state index < -0.39 is 43.7 Å². The molecule has 0 saturated carbocycles. The summed E-state index contributed by atoms with van der Waals surface area (Å²) in [6.07, 6.45) is -4.74. The molecule has 0 bridgehead atoms. The highest BCUT2D eigenvalue weighted by atomic mass is 35.5. The number of benzene rings is 1. The Labute approximate surface area is 117 Å². The molecule has 5 nitrogen and oxygen atoms in total. The molecule has 0 aliphatic carbocycles. The van der Waals surface area contributed by atoms with Crippen molar-refractivity contribution in [2.75, 3.05) is 0 Å². The van der Waals surface area contributed by atoms with Gasteiger partial charge in [-0.25, -0.2) is 8.42 Å². The highest BCUT2D eigenvalue weighted by molar-refractivity contribution is 7.89. The van der Waals surface area contributed by atoms with Crippen LogP contribution in [0, 0.1) is 0 Å². The second-order valence-electron chi connectivity index (χ2n) is 3.82. The second kappa shape index (κ2) is 5.58. The number of carboxylic acids is 1. The lowest BCUT2D eigenvalue weighted by Gasteiger charge is -2.13. The van der Waals surface area contributed by atoms with E-state index in [0.717, 1.165) is 13.0 Å². The number of hydrogen-bond acceptors (Lipinski definition) is 3.